The molecule has 1 unspecified atom stereocenters. The second-order valence-electron chi connectivity index (χ2n) is 3.72. The molecule has 0 aliphatic carbocycles. The summed E-state index contributed by atoms with van der Waals surface area (Å²) in [6.45, 7) is 2.54. The normalized spacial score (nSPS) is 12.3. The van der Waals surface area contributed by atoms with E-state index in [1.54, 1.807) is 7.05 Å². The maximum atomic E-state index is 11.5. The molecule has 0 aliphatic heterocycles. The molecule has 0 aliphatic rings. The number of hydrogen-bond donors (Lipinski definition) is 3. The van der Waals surface area contributed by atoms with Crippen LogP contribution in [0.15, 0.2) is 0 Å². The lowest BCUT2D eigenvalue weighted by Crippen LogP contribution is -2.48. The van der Waals surface area contributed by atoms with Gasteiger partial charge in [0.2, 0.25) is 5.91 Å². The van der Waals surface area contributed by atoms with E-state index in [0.717, 1.165) is 12.8 Å². The Morgan fingerprint density at radius 3 is 2.50 bits per heavy atom. The van der Waals surface area contributed by atoms with Crippen LogP contribution in [0.1, 0.15) is 26.2 Å². The summed E-state index contributed by atoms with van der Waals surface area (Å²) in [6, 6.07) is -0.264. The Bertz CT molecular complexity index is 233. The predicted molar refractivity (Wildman–Crippen MR) is 62.3 cm³/mol. The summed E-state index contributed by atoms with van der Waals surface area (Å²) in [7, 11) is 3.41. The summed E-state index contributed by atoms with van der Waals surface area (Å²) in [5.74, 6) is 4.88. The molecule has 94 valence electrons. The van der Waals surface area contributed by atoms with Crippen LogP contribution in [0.5, 0.6) is 0 Å². The highest BCUT2D eigenvalue weighted by atomic mass is 16.2. The van der Waals surface area contributed by atoms with Crippen LogP contribution in [0.25, 0.3) is 0 Å². The summed E-state index contributed by atoms with van der Waals surface area (Å²) in [6.07, 6.45) is 2.00. The first-order chi connectivity index (χ1) is 7.56. The number of nitrogens with one attached hydrogen (secondary N) is 2. The van der Waals surface area contributed by atoms with Crippen molar-refractivity contribution in [2.24, 2.45) is 5.84 Å². The van der Waals surface area contributed by atoms with Gasteiger partial charge in [-0.25, -0.2) is 5.84 Å². The first-order valence-corrected chi connectivity index (χ1v) is 5.48. The van der Waals surface area contributed by atoms with E-state index in [2.05, 4.69) is 10.7 Å². The number of hydrogen-bond acceptors (Lipinski definition) is 4. The number of amides is 2. The van der Waals surface area contributed by atoms with Crippen LogP contribution in [0.2, 0.25) is 0 Å². The van der Waals surface area contributed by atoms with E-state index in [1.165, 1.54) is 0 Å². The highest BCUT2D eigenvalue weighted by Gasteiger charge is 2.21. The number of hydrazine groups is 1. The molecule has 0 rings (SSSR count). The fraction of sp³-hybridized carbons (Fsp3) is 0.800. The van der Waals surface area contributed by atoms with Gasteiger partial charge in [-0.2, -0.15) is 0 Å². The third-order valence-electron chi connectivity index (χ3n) is 2.51. The molecular formula is C10H22N4O2. The van der Waals surface area contributed by atoms with Gasteiger partial charge >= 0.3 is 0 Å². The van der Waals surface area contributed by atoms with Crippen molar-refractivity contribution in [3.63, 3.8) is 0 Å². The van der Waals surface area contributed by atoms with Crippen LogP contribution in [0.3, 0.4) is 0 Å². The largest absolute Gasteiger partial charge is 0.359 e. The minimum atomic E-state index is -0.264. The van der Waals surface area contributed by atoms with Crippen molar-refractivity contribution in [2.75, 3.05) is 20.6 Å². The Balaban J connectivity index is 4.21. The second-order valence-corrected chi connectivity index (χ2v) is 3.72. The predicted octanol–water partition coefficient (Wildman–Crippen LogP) is -0.787. The zero-order valence-electron chi connectivity index (χ0n) is 10.2. The van der Waals surface area contributed by atoms with E-state index >= 15 is 0 Å². The molecule has 0 bridgehead atoms. The molecule has 0 spiro atoms. The van der Waals surface area contributed by atoms with Gasteiger partial charge in [0.15, 0.2) is 0 Å². The molecule has 4 N–H and O–H groups in total. The number of carbonyl (C=O) groups excluding carboxylic acids is 2. The molecule has 0 saturated carbocycles. The Morgan fingerprint density at radius 2 is 2.06 bits per heavy atom. The molecule has 0 heterocycles. The lowest BCUT2D eigenvalue weighted by Gasteiger charge is -2.25. The van der Waals surface area contributed by atoms with Crippen LogP contribution >= 0.6 is 0 Å². The minimum absolute atomic E-state index is 0.0322. The molecule has 0 aromatic rings. The smallest absolute Gasteiger partial charge is 0.251 e. The summed E-state index contributed by atoms with van der Waals surface area (Å²) in [5, 5.41) is 2.54. The monoisotopic (exact) mass is 230 g/mol. The molecule has 0 aromatic heterocycles. The molecule has 6 heteroatoms. The molecule has 16 heavy (non-hydrogen) atoms. The van der Waals surface area contributed by atoms with Crippen LogP contribution < -0.4 is 16.6 Å². The third kappa shape index (κ3) is 5.09. The maximum Gasteiger partial charge on any atom is 0.251 e. The number of nitrogens with two attached hydrogens (primary N) is 1. The second kappa shape index (κ2) is 8.06. The van der Waals surface area contributed by atoms with Gasteiger partial charge in [0.05, 0.1) is 6.04 Å². The maximum absolute atomic E-state index is 11.5. The van der Waals surface area contributed by atoms with Crippen molar-refractivity contribution >= 4 is 11.8 Å². The fourth-order valence-electron chi connectivity index (χ4n) is 1.48. The zero-order chi connectivity index (χ0) is 12.6. The standard InChI is InChI=1S/C10H22N4O2/c1-4-5-8(10(16)13-11)14(3)7-6-9(15)12-2/h8H,4-7,11H2,1-3H3,(H,12,15)(H,13,16). The molecule has 0 radical (unpaired) electrons. The SMILES string of the molecule is CCCC(C(=O)NN)N(C)CCC(=O)NC. The van der Waals surface area contributed by atoms with E-state index < -0.39 is 0 Å². The van der Waals surface area contributed by atoms with Crippen molar-refractivity contribution in [3.05, 3.63) is 0 Å². The lowest BCUT2D eigenvalue weighted by atomic mass is 10.1. The van der Waals surface area contributed by atoms with Crippen molar-refractivity contribution in [3.8, 4) is 0 Å². The van der Waals surface area contributed by atoms with Crippen LogP contribution in [0.4, 0.5) is 0 Å². The van der Waals surface area contributed by atoms with E-state index in [0.29, 0.717) is 13.0 Å². The molecule has 0 saturated heterocycles. The van der Waals surface area contributed by atoms with Gasteiger partial charge in [0, 0.05) is 20.0 Å². The Kier molecular flexibility index (Phi) is 7.49. The van der Waals surface area contributed by atoms with Gasteiger partial charge in [-0.15, -0.1) is 0 Å². The molecule has 6 nitrogen and oxygen atoms in total. The van der Waals surface area contributed by atoms with E-state index in [-0.39, 0.29) is 17.9 Å². The molecule has 2 amide bonds. The molecule has 1 atom stereocenters. The average molecular weight is 230 g/mol. The highest BCUT2D eigenvalue weighted by Crippen LogP contribution is 2.05. The summed E-state index contributed by atoms with van der Waals surface area (Å²) < 4.78 is 0. The topological polar surface area (TPSA) is 87.5 Å². The van der Waals surface area contributed by atoms with E-state index in [1.807, 2.05) is 18.9 Å². The van der Waals surface area contributed by atoms with Gasteiger partial charge in [0.25, 0.3) is 5.91 Å². The number of nitrogens with zero attached hydrogens (tertiary/aromatic N) is 1. The minimum Gasteiger partial charge on any atom is -0.359 e. The molecule has 0 fully saturated rings. The van der Waals surface area contributed by atoms with E-state index in [4.69, 9.17) is 5.84 Å². The molecular weight excluding hydrogens is 208 g/mol. The number of likely N-dealkylation sites (N-methyl/N-ethyl adjacent to an activating group) is 1. The van der Waals surface area contributed by atoms with Crippen molar-refractivity contribution < 1.29 is 9.59 Å². The van der Waals surface area contributed by atoms with Gasteiger partial charge in [-0.05, 0) is 13.5 Å². The summed E-state index contributed by atoms with van der Waals surface area (Å²) >= 11 is 0. The number of rotatable bonds is 7. The summed E-state index contributed by atoms with van der Waals surface area (Å²) in [5.41, 5.74) is 2.15. The Labute approximate surface area is 96.5 Å². The quantitative estimate of drug-likeness (QED) is 0.304. The van der Waals surface area contributed by atoms with Gasteiger partial charge in [0.1, 0.15) is 0 Å². The average Bonchev–Trinajstić information content (AvgIpc) is 2.31. The fourth-order valence-corrected chi connectivity index (χ4v) is 1.48. The van der Waals surface area contributed by atoms with E-state index in [9.17, 15) is 9.59 Å². The molecule has 0 aromatic carbocycles. The Hall–Kier alpha value is -1.14. The van der Waals surface area contributed by atoms with Crippen molar-refractivity contribution in [2.45, 2.75) is 32.2 Å². The Morgan fingerprint density at radius 1 is 1.44 bits per heavy atom. The van der Waals surface area contributed by atoms with Gasteiger partial charge < -0.3 is 5.32 Å². The van der Waals surface area contributed by atoms with Gasteiger partial charge in [-0.1, -0.05) is 13.3 Å². The third-order valence-corrected chi connectivity index (χ3v) is 2.51. The highest BCUT2D eigenvalue weighted by molar-refractivity contribution is 5.81. The number of carbonyl (C=O) groups is 2. The van der Waals surface area contributed by atoms with Crippen LogP contribution in [-0.2, 0) is 9.59 Å². The zero-order valence-corrected chi connectivity index (χ0v) is 10.2. The van der Waals surface area contributed by atoms with Crippen molar-refractivity contribution in [1.82, 2.24) is 15.6 Å². The van der Waals surface area contributed by atoms with Crippen molar-refractivity contribution in [1.29, 1.82) is 0 Å². The first kappa shape index (κ1) is 14.9. The van der Waals surface area contributed by atoms with Crippen LogP contribution in [-0.4, -0.2) is 43.4 Å². The van der Waals surface area contributed by atoms with Gasteiger partial charge in [-0.3, -0.25) is 19.9 Å². The summed E-state index contributed by atoms with van der Waals surface area (Å²) in [4.78, 5) is 24.4. The lowest BCUT2D eigenvalue weighted by molar-refractivity contribution is -0.127. The first-order valence-electron chi connectivity index (χ1n) is 5.48. The van der Waals surface area contributed by atoms with Crippen LogP contribution in [0, 0.1) is 0 Å².